The Morgan fingerprint density at radius 2 is 2.44 bits per heavy atom. The smallest absolute Gasteiger partial charge is 0.131 e. The molecule has 0 radical (unpaired) electrons. The SMILES string of the molecule is C1=CC2=C3CC(O3)C2=C1. The van der Waals surface area contributed by atoms with Gasteiger partial charge in [0.05, 0.1) is 0 Å². The molecule has 2 aliphatic heterocycles. The first-order chi connectivity index (χ1) is 4.45. The minimum Gasteiger partial charge on any atom is -0.489 e. The van der Waals surface area contributed by atoms with Crippen molar-refractivity contribution < 1.29 is 4.74 Å². The Kier molecular flexibility index (Phi) is 0.434. The molecule has 2 heterocycles. The van der Waals surface area contributed by atoms with Gasteiger partial charge in [-0.05, 0) is 0 Å². The predicted molar refractivity (Wildman–Crippen MR) is 33.7 cm³/mol. The number of hydrogen-bond acceptors (Lipinski definition) is 1. The molecule has 0 aromatic rings. The maximum atomic E-state index is 5.38. The van der Waals surface area contributed by atoms with Crippen LogP contribution in [0.4, 0.5) is 0 Å². The summed E-state index contributed by atoms with van der Waals surface area (Å²) >= 11 is 0. The third-order valence-corrected chi connectivity index (χ3v) is 2.15. The Hall–Kier alpha value is -0.980. The van der Waals surface area contributed by atoms with Crippen molar-refractivity contribution in [2.24, 2.45) is 0 Å². The predicted octanol–water partition coefficient (Wildman–Crippen LogP) is 1.54. The molecule has 0 amide bonds. The molecule has 4 aliphatic rings. The average molecular weight is 118 g/mol. The summed E-state index contributed by atoms with van der Waals surface area (Å²) in [7, 11) is 0. The molecule has 0 saturated carbocycles. The van der Waals surface area contributed by atoms with Crippen LogP contribution in [0.1, 0.15) is 6.42 Å². The van der Waals surface area contributed by atoms with Crippen LogP contribution in [-0.4, -0.2) is 6.10 Å². The van der Waals surface area contributed by atoms with Gasteiger partial charge in [0.2, 0.25) is 0 Å². The Labute approximate surface area is 53.3 Å². The standard InChI is InChI=1S/C8H6O/c1-2-5-6(3-1)8-4-7(5)9-8/h1-3,7H,4H2. The summed E-state index contributed by atoms with van der Waals surface area (Å²) in [6.07, 6.45) is 7.98. The van der Waals surface area contributed by atoms with Crippen LogP contribution in [0.25, 0.3) is 0 Å². The zero-order chi connectivity index (χ0) is 5.84. The molecule has 1 heteroatoms. The normalized spacial score (nSPS) is 33.8. The van der Waals surface area contributed by atoms with Crippen LogP contribution < -0.4 is 0 Å². The van der Waals surface area contributed by atoms with E-state index in [1.54, 1.807) is 0 Å². The molecule has 0 spiro atoms. The Morgan fingerprint density at radius 1 is 1.56 bits per heavy atom. The van der Waals surface area contributed by atoms with Crippen LogP contribution in [0.2, 0.25) is 0 Å². The zero-order valence-electron chi connectivity index (χ0n) is 4.92. The van der Waals surface area contributed by atoms with Gasteiger partial charge in [-0.15, -0.1) is 0 Å². The van der Waals surface area contributed by atoms with Crippen LogP contribution in [0, 0.1) is 0 Å². The Bertz CT molecular complexity index is 258. The summed E-state index contributed by atoms with van der Waals surface area (Å²) in [4.78, 5) is 0. The van der Waals surface area contributed by atoms with Gasteiger partial charge in [0.15, 0.2) is 0 Å². The second kappa shape index (κ2) is 0.991. The van der Waals surface area contributed by atoms with Gasteiger partial charge in [-0.3, -0.25) is 0 Å². The van der Waals surface area contributed by atoms with E-state index in [9.17, 15) is 0 Å². The fourth-order valence-electron chi connectivity index (χ4n) is 1.65. The minimum absolute atomic E-state index is 0.435. The maximum absolute atomic E-state index is 5.38. The van der Waals surface area contributed by atoms with Crippen LogP contribution >= 0.6 is 0 Å². The molecular weight excluding hydrogens is 112 g/mol. The fourth-order valence-corrected chi connectivity index (χ4v) is 1.65. The third kappa shape index (κ3) is 0.283. The first-order valence-corrected chi connectivity index (χ1v) is 3.23. The summed E-state index contributed by atoms with van der Waals surface area (Å²) in [5.41, 5.74) is 2.77. The molecule has 1 unspecified atom stereocenters. The van der Waals surface area contributed by atoms with Gasteiger partial charge in [0, 0.05) is 17.6 Å². The minimum atomic E-state index is 0.435. The van der Waals surface area contributed by atoms with Crippen molar-refractivity contribution in [3.05, 3.63) is 35.1 Å². The van der Waals surface area contributed by atoms with Gasteiger partial charge < -0.3 is 4.74 Å². The molecule has 0 aromatic carbocycles. The fraction of sp³-hybridized carbons (Fsp3) is 0.250. The molecule has 0 N–H and O–H groups in total. The van der Waals surface area contributed by atoms with Crippen LogP contribution in [0.5, 0.6) is 0 Å². The summed E-state index contributed by atoms with van der Waals surface area (Å²) < 4.78 is 5.38. The lowest BCUT2D eigenvalue weighted by Gasteiger charge is -2.22. The maximum Gasteiger partial charge on any atom is 0.131 e. The molecular formula is C8H6O. The lowest BCUT2D eigenvalue weighted by atomic mass is 10.1. The molecule has 0 aromatic heterocycles. The lowest BCUT2D eigenvalue weighted by molar-refractivity contribution is 0.0700. The highest BCUT2D eigenvalue weighted by Crippen LogP contribution is 2.47. The van der Waals surface area contributed by atoms with E-state index in [0.29, 0.717) is 6.10 Å². The molecule has 44 valence electrons. The van der Waals surface area contributed by atoms with Crippen molar-refractivity contribution in [3.8, 4) is 0 Å². The largest absolute Gasteiger partial charge is 0.489 e. The van der Waals surface area contributed by atoms with Gasteiger partial charge in [-0.2, -0.15) is 0 Å². The summed E-state index contributed by atoms with van der Waals surface area (Å²) in [6.45, 7) is 0. The van der Waals surface area contributed by atoms with Crippen LogP contribution in [0.3, 0.4) is 0 Å². The number of rotatable bonds is 0. The van der Waals surface area contributed by atoms with Gasteiger partial charge in [-0.1, -0.05) is 18.2 Å². The van der Waals surface area contributed by atoms with Crippen molar-refractivity contribution in [2.45, 2.75) is 12.5 Å². The first kappa shape index (κ1) is 3.94. The molecule has 9 heavy (non-hydrogen) atoms. The summed E-state index contributed by atoms with van der Waals surface area (Å²) in [6, 6.07) is 0. The van der Waals surface area contributed by atoms with Crippen molar-refractivity contribution in [3.63, 3.8) is 0 Å². The third-order valence-electron chi connectivity index (χ3n) is 2.15. The topological polar surface area (TPSA) is 9.23 Å². The Morgan fingerprint density at radius 3 is 3.22 bits per heavy atom. The summed E-state index contributed by atoms with van der Waals surface area (Å²) in [5, 5.41) is 0. The number of ether oxygens (including phenoxy) is 1. The second-order valence-electron chi connectivity index (χ2n) is 2.63. The van der Waals surface area contributed by atoms with Gasteiger partial charge in [0.25, 0.3) is 0 Å². The highest BCUT2D eigenvalue weighted by Gasteiger charge is 2.41. The molecule has 4 rings (SSSR count). The molecule has 1 nitrogen and oxygen atoms in total. The van der Waals surface area contributed by atoms with Crippen LogP contribution in [-0.2, 0) is 4.74 Å². The zero-order valence-corrected chi connectivity index (χ0v) is 4.92. The van der Waals surface area contributed by atoms with E-state index in [-0.39, 0.29) is 0 Å². The van der Waals surface area contributed by atoms with Crippen molar-refractivity contribution in [1.29, 1.82) is 0 Å². The van der Waals surface area contributed by atoms with E-state index in [4.69, 9.17) is 4.74 Å². The van der Waals surface area contributed by atoms with Crippen molar-refractivity contribution in [2.75, 3.05) is 0 Å². The van der Waals surface area contributed by atoms with E-state index in [1.807, 2.05) is 0 Å². The van der Waals surface area contributed by atoms with Gasteiger partial charge in [-0.25, -0.2) is 0 Å². The van der Waals surface area contributed by atoms with Gasteiger partial charge in [0.1, 0.15) is 11.9 Å². The summed E-state index contributed by atoms with van der Waals surface area (Å²) in [5.74, 6) is 1.21. The molecule has 2 aliphatic carbocycles. The second-order valence-corrected chi connectivity index (χ2v) is 2.63. The van der Waals surface area contributed by atoms with Gasteiger partial charge >= 0.3 is 0 Å². The molecule has 1 saturated heterocycles. The first-order valence-electron chi connectivity index (χ1n) is 3.23. The number of allylic oxidation sites excluding steroid dienone is 3. The van der Waals surface area contributed by atoms with Crippen LogP contribution in [0.15, 0.2) is 35.1 Å². The highest BCUT2D eigenvalue weighted by molar-refractivity contribution is 5.59. The monoisotopic (exact) mass is 118 g/mol. The van der Waals surface area contributed by atoms with Crippen molar-refractivity contribution >= 4 is 0 Å². The highest BCUT2D eigenvalue weighted by atomic mass is 16.5. The molecule has 1 fully saturated rings. The van der Waals surface area contributed by atoms with E-state index in [1.165, 1.54) is 16.9 Å². The van der Waals surface area contributed by atoms with E-state index in [0.717, 1.165) is 6.42 Å². The van der Waals surface area contributed by atoms with E-state index < -0.39 is 0 Å². The average Bonchev–Trinajstić information content (AvgIpc) is 2.11. The molecule has 1 atom stereocenters. The van der Waals surface area contributed by atoms with E-state index in [2.05, 4.69) is 18.2 Å². The Balaban J connectivity index is 2.33. The quantitative estimate of drug-likeness (QED) is 0.468. The van der Waals surface area contributed by atoms with E-state index >= 15 is 0 Å². The van der Waals surface area contributed by atoms with Crippen molar-refractivity contribution in [1.82, 2.24) is 0 Å². The lowest BCUT2D eigenvalue weighted by Crippen LogP contribution is -2.17. The number of hydrogen-bond donors (Lipinski definition) is 0. The molecule has 2 bridgehead atoms.